The maximum absolute atomic E-state index is 12.6. The predicted octanol–water partition coefficient (Wildman–Crippen LogP) is 2.62. The van der Waals surface area contributed by atoms with Crippen molar-refractivity contribution in [3.05, 3.63) is 17.0 Å². The van der Waals surface area contributed by atoms with Crippen LogP contribution in [-0.2, 0) is 6.18 Å². The van der Waals surface area contributed by atoms with Crippen molar-refractivity contribution in [3.8, 4) is 5.88 Å². The number of nitrogens with zero attached hydrogens (tertiary/aromatic N) is 3. The average molecular weight is 296 g/mol. The van der Waals surface area contributed by atoms with Gasteiger partial charge in [-0.15, -0.1) is 0 Å². The summed E-state index contributed by atoms with van der Waals surface area (Å²) < 4.78 is 43.2. The molecule has 2 heterocycles. The second kappa shape index (κ2) is 5.50. The Kier molecular flexibility index (Phi) is 4.15. The number of rotatable bonds is 2. The topological polar surface area (TPSA) is 38.2 Å². The van der Waals surface area contributed by atoms with Crippen LogP contribution in [-0.4, -0.2) is 41.1 Å². The van der Waals surface area contributed by atoms with Crippen LogP contribution in [0.3, 0.4) is 0 Å². The third-order valence-corrected chi connectivity index (χ3v) is 3.09. The highest BCUT2D eigenvalue weighted by Crippen LogP contribution is 2.30. The van der Waals surface area contributed by atoms with Gasteiger partial charge in [0.2, 0.25) is 11.2 Å². The van der Waals surface area contributed by atoms with Crippen molar-refractivity contribution in [2.45, 2.75) is 25.1 Å². The maximum atomic E-state index is 12.6. The lowest BCUT2D eigenvalue weighted by Gasteiger charge is -2.29. The largest absolute Gasteiger partial charge is 0.474 e. The summed E-state index contributed by atoms with van der Waals surface area (Å²) >= 11 is 5.49. The van der Waals surface area contributed by atoms with Crippen LogP contribution in [0.1, 0.15) is 18.5 Å². The van der Waals surface area contributed by atoms with Crippen LogP contribution in [0.25, 0.3) is 0 Å². The lowest BCUT2D eigenvalue weighted by molar-refractivity contribution is -0.141. The van der Waals surface area contributed by atoms with Crippen molar-refractivity contribution in [2.75, 3.05) is 20.1 Å². The molecule has 1 aliphatic heterocycles. The molecule has 1 fully saturated rings. The van der Waals surface area contributed by atoms with Gasteiger partial charge in [0.05, 0.1) is 0 Å². The van der Waals surface area contributed by atoms with Gasteiger partial charge in [0.15, 0.2) is 5.69 Å². The quantitative estimate of drug-likeness (QED) is 0.786. The highest BCUT2D eigenvalue weighted by molar-refractivity contribution is 6.28. The second-order valence-corrected chi connectivity index (χ2v) is 4.82. The van der Waals surface area contributed by atoms with E-state index in [9.17, 15) is 13.2 Å². The molecule has 1 saturated heterocycles. The van der Waals surface area contributed by atoms with Crippen molar-refractivity contribution in [3.63, 3.8) is 0 Å². The van der Waals surface area contributed by atoms with Crippen LogP contribution in [0.5, 0.6) is 5.88 Å². The van der Waals surface area contributed by atoms with Crippen LogP contribution in [0.2, 0.25) is 5.28 Å². The van der Waals surface area contributed by atoms with E-state index in [4.69, 9.17) is 16.3 Å². The molecule has 1 aromatic rings. The molecule has 0 N–H and O–H groups in total. The van der Waals surface area contributed by atoms with E-state index in [0.29, 0.717) is 0 Å². The number of likely N-dealkylation sites (tertiary alicyclic amines) is 1. The van der Waals surface area contributed by atoms with E-state index in [-0.39, 0.29) is 12.0 Å². The minimum atomic E-state index is -4.56. The summed E-state index contributed by atoms with van der Waals surface area (Å²) in [5, 5.41) is -0.460. The molecule has 1 aliphatic rings. The summed E-state index contributed by atoms with van der Waals surface area (Å²) in [7, 11) is 1.99. The number of hydrogen-bond acceptors (Lipinski definition) is 4. The Bertz CT molecular complexity index is 447. The number of alkyl halides is 3. The zero-order valence-electron chi connectivity index (χ0n) is 10.2. The smallest absolute Gasteiger partial charge is 0.433 e. The number of piperidine rings is 1. The molecule has 0 radical (unpaired) electrons. The number of ether oxygens (including phenoxy) is 1. The number of hydrogen-bond donors (Lipinski definition) is 0. The van der Waals surface area contributed by atoms with E-state index in [1.54, 1.807) is 0 Å². The Morgan fingerprint density at radius 3 is 2.53 bits per heavy atom. The first kappa shape index (κ1) is 14.3. The highest BCUT2D eigenvalue weighted by atomic mass is 35.5. The predicted molar refractivity (Wildman–Crippen MR) is 63.2 cm³/mol. The molecule has 0 saturated carbocycles. The molecular weight excluding hydrogens is 283 g/mol. The van der Waals surface area contributed by atoms with Crippen LogP contribution in [0.4, 0.5) is 13.2 Å². The highest BCUT2D eigenvalue weighted by Gasteiger charge is 2.34. The summed E-state index contributed by atoms with van der Waals surface area (Å²) in [6, 6.07) is 0.782. The van der Waals surface area contributed by atoms with Gasteiger partial charge in [-0.3, -0.25) is 0 Å². The monoisotopic (exact) mass is 295 g/mol. The van der Waals surface area contributed by atoms with Gasteiger partial charge in [0.25, 0.3) is 0 Å². The molecule has 4 nitrogen and oxygen atoms in total. The van der Waals surface area contributed by atoms with E-state index in [2.05, 4.69) is 14.9 Å². The molecule has 0 aliphatic carbocycles. The van der Waals surface area contributed by atoms with E-state index in [0.717, 1.165) is 32.0 Å². The Morgan fingerprint density at radius 1 is 1.32 bits per heavy atom. The summed E-state index contributed by atoms with van der Waals surface area (Å²) in [4.78, 5) is 8.96. The van der Waals surface area contributed by atoms with Gasteiger partial charge in [-0.1, -0.05) is 0 Å². The van der Waals surface area contributed by atoms with Gasteiger partial charge in [-0.05, 0) is 31.5 Å². The number of halogens is 4. The van der Waals surface area contributed by atoms with Gasteiger partial charge < -0.3 is 9.64 Å². The lowest BCUT2D eigenvalue weighted by Crippen LogP contribution is -2.35. The second-order valence-electron chi connectivity index (χ2n) is 4.48. The minimum absolute atomic E-state index is 0.123. The Hall–Kier alpha value is -1.08. The van der Waals surface area contributed by atoms with Crippen molar-refractivity contribution < 1.29 is 17.9 Å². The molecule has 0 aromatic carbocycles. The van der Waals surface area contributed by atoms with E-state index in [1.165, 1.54) is 0 Å². The molecule has 2 rings (SSSR count). The molecule has 0 unspecified atom stereocenters. The molecule has 0 bridgehead atoms. The minimum Gasteiger partial charge on any atom is -0.474 e. The van der Waals surface area contributed by atoms with Crippen LogP contribution in [0, 0.1) is 0 Å². The van der Waals surface area contributed by atoms with E-state index in [1.807, 2.05) is 7.05 Å². The number of aromatic nitrogens is 2. The van der Waals surface area contributed by atoms with Crippen molar-refractivity contribution in [1.82, 2.24) is 14.9 Å². The standard InChI is InChI=1S/C11H13ClF3N3O/c1-18-4-2-7(3-5-18)19-9-6-8(11(13,14)15)16-10(12)17-9/h6-7H,2-5H2,1H3. The van der Waals surface area contributed by atoms with Crippen LogP contribution >= 0.6 is 11.6 Å². The zero-order valence-corrected chi connectivity index (χ0v) is 11.0. The van der Waals surface area contributed by atoms with Crippen LogP contribution in [0.15, 0.2) is 6.07 Å². The van der Waals surface area contributed by atoms with Crippen LogP contribution < -0.4 is 4.74 Å². The molecule has 0 atom stereocenters. The fourth-order valence-electron chi connectivity index (χ4n) is 1.88. The Morgan fingerprint density at radius 2 is 1.95 bits per heavy atom. The van der Waals surface area contributed by atoms with Crippen molar-refractivity contribution in [1.29, 1.82) is 0 Å². The molecule has 19 heavy (non-hydrogen) atoms. The van der Waals surface area contributed by atoms with Crippen molar-refractivity contribution >= 4 is 11.6 Å². The lowest BCUT2D eigenvalue weighted by atomic mass is 10.1. The van der Waals surface area contributed by atoms with Gasteiger partial charge in [-0.2, -0.15) is 18.2 Å². The molecule has 8 heteroatoms. The average Bonchev–Trinajstić information content (AvgIpc) is 2.30. The fraction of sp³-hybridized carbons (Fsp3) is 0.636. The Balaban J connectivity index is 2.10. The third kappa shape index (κ3) is 3.94. The van der Waals surface area contributed by atoms with Gasteiger partial charge in [-0.25, -0.2) is 4.98 Å². The molecular formula is C11H13ClF3N3O. The van der Waals surface area contributed by atoms with Gasteiger partial charge in [0, 0.05) is 19.2 Å². The zero-order chi connectivity index (χ0) is 14.0. The van der Waals surface area contributed by atoms with E-state index >= 15 is 0 Å². The first-order valence-electron chi connectivity index (χ1n) is 5.81. The Labute approximate surface area is 113 Å². The molecule has 0 amide bonds. The van der Waals surface area contributed by atoms with E-state index < -0.39 is 17.2 Å². The first-order chi connectivity index (χ1) is 8.84. The van der Waals surface area contributed by atoms with Crippen molar-refractivity contribution in [2.24, 2.45) is 0 Å². The molecule has 0 spiro atoms. The maximum Gasteiger partial charge on any atom is 0.433 e. The van der Waals surface area contributed by atoms with Gasteiger partial charge >= 0.3 is 6.18 Å². The SMILES string of the molecule is CN1CCC(Oc2cc(C(F)(F)F)nc(Cl)n2)CC1. The van der Waals surface area contributed by atoms with Gasteiger partial charge in [0.1, 0.15) is 6.10 Å². The third-order valence-electron chi connectivity index (χ3n) is 2.92. The summed E-state index contributed by atoms with van der Waals surface area (Å²) in [6.45, 7) is 1.69. The fourth-order valence-corrected chi connectivity index (χ4v) is 2.05. The molecule has 106 valence electrons. The summed E-state index contributed by atoms with van der Waals surface area (Å²) in [5.41, 5.74) is -1.09. The first-order valence-corrected chi connectivity index (χ1v) is 6.19. The summed E-state index contributed by atoms with van der Waals surface area (Å²) in [6.07, 6.45) is -3.19. The molecule has 1 aromatic heterocycles. The normalized spacial score (nSPS) is 18.6. The summed E-state index contributed by atoms with van der Waals surface area (Å²) in [5.74, 6) is -0.123.